The fourth-order valence-electron chi connectivity index (χ4n) is 6.24. The standard InChI is InChI=1S/C29H29F3N6OS2/c30-29(31,32)21-12-33-28(36-25(21)23-11-24-26(41-23)27(39)38(7-8-40-24)18-3-4-18)35-22-6-5-19(10-20(22)15-1-2-15)37-13-16-9-17(14-37)34-16/h5-6,10-12,15-18,34H,1-4,7-9,13-14H2,(H,33,35,36). The number of halogens is 3. The van der Waals surface area contributed by atoms with E-state index >= 15 is 0 Å². The van der Waals surface area contributed by atoms with Crippen molar-refractivity contribution < 1.29 is 18.0 Å². The van der Waals surface area contributed by atoms with E-state index in [-0.39, 0.29) is 23.6 Å². The molecule has 1 amide bonds. The maximum atomic E-state index is 14.1. The van der Waals surface area contributed by atoms with E-state index in [2.05, 4.69) is 37.6 Å². The first-order chi connectivity index (χ1) is 19.8. The summed E-state index contributed by atoms with van der Waals surface area (Å²) in [5, 5.41) is 6.81. The monoisotopic (exact) mass is 598 g/mol. The number of aromatic nitrogens is 2. The number of thiophene rings is 1. The largest absolute Gasteiger partial charge is 0.420 e. The highest BCUT2D eigenvalue weighted by Gasteiger charge is 2.40. The van der Waals surface area contributed by atoms with Gasteiger partial charge < -0.3 is 20.4 Å². The number of anilines is 3. The average molecular weight is 599 g/mol. The van der Waals surface area contributed by atoms with Crippen LogP contribution in [0.1, 0.15) is 58.8 Å². The third kappa shape index (κ3) is 4.87. The van der Waals surface area contributed by atoms with Gasteiger partial charge in [-0.3, -0.25) is 4.79 Å². The maximum Gasteiger partial charge on any atom is 0.420 e. The molecule has 2 aliphatic carbocycles. The summed E-state index contributed by atoms with van der Waals surface area (Å²) in [7, 11) is 0. The van der Waals surface area contributed by atoms with E-state index in [1.54, 1.807) is 6.07 Å². The van der Waals surface area contributed by atoms with Gasteiger partial charge in [-0.25, -0.2) is 9.97 Å². The Bertz CT molecular complexity index is 1520. The summed E-state index contributed by atoms with van der Waals surface area (Å²) in [4.78, 5) is 27.7. The van der Waals surface area contributed by atoms with Crippen LogP contribution in [-0.4, -0.2) is 64.3 Å². The number of piperazine rings is 1. The molecule has 0 radical (unpaired) electrons. The molecular weight excluding hydrogens is 569 g/mol. The van der Waals surface area contributed by atoms with E-state index in [1.165, 1.54) is 23.9 Å². The van der Waals surface area contributed by atoms with Crippen molar-refractivity contribution in [2.75, 3.05) is 35.6 Å². The van der Waals surface area contributed by atoms with Gasteiger partial charge in [0.25, 0.3) is 5.91 Å². The lowest BCUT2D eigenvalue weighted by Crippen LogP contribution is -2.67. The minimum Gasteiger partial charge on any atom is -0.368 e. The van der Waals surface area contributed by atoms with Gasteiger partial charge in [0, 0.05) is 66.0 Å². The third-order valence-electron chi connectivity index (χ3n) is 8.64. The Morgan fingerprint density at radius 1 is 1.07 bits per heavy atom. The number of nitrogens with zero attached hydrogens (tertiary/aromatic N) is 4. The molecular formula is C29H29F3N6OS2. The Balaban J connectivity index is 1.12. The van der Waals surface area contributed by atoms with Gasteiger partial charge in [0.1, 0.15) is 10.4 Å². The van der Waals surface area contributed by atoms with E-state index in [0.717, 1.165) is 78.2 Å². The SMILES string of the molecule is O=C1c2sc(-c3nc(Nc4ccc(N5CC6CC(C5)N6)cc4C4CC4)ncc3C(F)(F)F)cc2SCCN1C1CC1. The molecule has 6 heterocycles. The average Bonchev–Trinajstić information content (AvgIpc) is 3.87. The van der Waals surface area contributed by atoms with Crippen LogP contribution in [0.5, 0.6) is 0 Å². The van der Waals surface area contributed by atoms with Crippen LogP contribution in [0, 0.1) is 0 Å². The quantitative estimate of drug-likeness (QED) is 0.355. The predicted octanol–water partition coefficient (Wildman–Crippen LogP) is 6.11. The number of carbonyl (C=O) groups excluding carboxylic acids is 1. The highest BCUT2D eigenvalue weighted by Crippen LogP contribution is 2.47. The van der Waals surface area contributed by atoms with Gasteiger partial charge in [-0.1, -0.05) is 0 Å². The molecule has 2 saturated carbocycles. The second-order valence-corrected chi connectivity index (χ2v) is 13.9. The number of hydrogen-bond acceptors (Lipinski definition) is 8. The van der Waals surface area contributed by atoms with E-state index in [9.17, 15) is 18.0 Å². The number of benzene rings is 1. The highest BCUT2D eigenvalue weighted by molar-refractivity contribution is 7.99. The van der Waals surface area contributed by atoms with Crippen LogP contribution in [0.25, 0.3) is 10.6 Å². The third-order valence-corrected chi connectivity index (χ3v) is 10.9. The Hall–Kier alpha value is -2.83. The van der Waals surface area contributed by atoms with Crippen molar-refractivity contribution in [3.63, 3.8) is 0 Å². The summed E-state index contributed by atoms with van der Waals surface area (Å²) in [6.07, 6.45) is 1.63. The molecule has 9 rings (SSSR count). The number of alkyl halides is 3. The van der Waals surface area contributed by atoms with Crippen LogP contribution in [0.3, 0.4) is 0 Å². The molecule has 6 aliphatic rings. The fraction of sp³-hybridized carbons (Fsp3) is 0.483. The summed E-state index contributed by atoms with van der Waals surface area (Å²) in [5.41, 5.74) is 2.08. The second-order valence-electron chi connectivity index (χ2n) is 11.7. The van der Waals surface area contributed by atoms with Crippen molar-refractivity contribution in [3.8, 4) is 10.6 Å². The van der Waals surface area contributed by atoms with Gasteiger partial charge in [-0.15, -0.1) is 23.1 Å². The van der Waals surface area contributed by atoms with Gasteiger partial charge in [-0.05, 0) is 67.9 Å². The normalized spacial score (nSPS) is 24.1. The van der Waals surface area contributed by atoms with Gasteiger partial charge in [-0.2, -0.15) is 13.2 Å². The van der Waals surface area contributed by atoms with E-state index in [4.69, 9.17) is 0 Å². The van der Waals surface area contributed by atoms with Gasteiger partial charge in [0.05, 0.1) is 10.6 Å². The number of fused-ring (bicyclic) bond motifs is 3. The van der Waals surface area contributed by atoms with Crippen molar-refractivity contribution >= 4 is 46.3 Å². The molecule has 4 aliphatic heterocycles. The lowest BCUT2D eigenvalue weighted by molar-refractivity contribution is -0.137. The zero-order valence-electron chi connectivity index (χ0n) is 22.2. The van der Waals surface area contributed by atoms with Gasteiger partial charge in [0.2, 0.25) is 5.95 Å². The number of nitrogens with one attached hydrogen (secondary N) is 2. The number of hydrogen-bond donors (Lipinski definition) is 2. The van der Waals surface area contributed by atoms with Crippen molar-refractivity contribution in [2.24, 2.45) is 0 Å². The van der Waals surface area contributed by atoms with Crippen LogP contribution >= 0.6 is 23.1 Å². The van der Waals surface area contributed by atoms with Crippen LogP contribution < -0.4 is 15.5 Å². The number of amides is 1. The first-order valence-corrected chi connectivity index (χ1v) is 16.0. The summed E-state index contributed by atoms with van der Waals surface area (Å²) in [6, 6.07) is 9.36. The summed E-state index contributed by atoms with van der Waals surface area (Å²) < 4.78 is 42.4. The number of thioether (sulfide) groups is 1. The van der Waals surface area contributed by atoms with Crippen LogP contribution in [-0.2, 0) is 6.18 Å². The molecule has 2 N–H and O–H groups in total. The van der Waals surface area contributed by atoms with Crippen molar-refractivity contribution in [2.45, 2.75) is 67.2 Å². The molecule has 1 aromatic carbocycles. The Morgan fingerprint density at radius 2 is 1.85 bits per heavy atom. The molecule has 3 aromatic rings. The van der Waals surface area contributed by atoms with Crippen LogP contribution in [0.15, 0.2) is 35.4 Å². The minimum atomic E-state index is -4.63. The molecule has 0 spiro atoms. The zero-order valence-corrected chi connectivity index (χ0v) is 23.8. The molecule has 2 atom stereocenters. The lowest BCUT2D eigenvalue weighted by atomic mass is 9.90. The van der Waals surface area contributed by atoms with E-state index < -0.39 is 11.7 Å². The molecule has 7 nitrogen and oxygen atoms in total. The molecule has 12 heteroatoms. The smallest absolute Gasteiger partial charge is 0.368 e. The Labute approximate surface area is 243 Å². The Morgan fingerprint density at radius 3 is 2.56 bits per heavy atom. The number of rotatable bonds is 6. The van der Waals surface area contributed by atoms with E-state index in [0.29, 0.717) is 34.3 Å². The summed E-state index contributed by atoms with van der Waals surface area (Å²) in [6.45, 7) is 2.64. The van der Waals surface area contributed by atoms with Crippen molar-refractivity contribution in [3.05, 3.63) is 46.5 Å². The lowest BCUT2D eigenvalue weighted by Gasteiger charge is -2.49. The topological polar surface area (TPSA) is 73.4 Å². The zero-order chi connectivity index (χ0) is 27.9. The molecule has 5 fully saturated rings. The molecule has 2 bridgehead atoms. The number of piperidine rings is 1. The highest BCUT2D eigenvalue weighted by atomic mass is 32.2. The molecule has 2 unspecified atom stereocenters. The van der Waals surface area contributed by atoms with Crippen molar-refractivity contribution in [1.82, 2.24) is 20.2 Å². The summed E-state index contributed by atoms with van der Waals surface area (Å²) >= 11 is 2.63. The minimum absolute atomic E-state index is 0.0827. The molecule has 214 valence electrons. The molecule has 3 saturated heterocycles. The van der Waals surface area contributed by atoms with Gasteiger partial charge in [0.15, 0.2) is 0 Å². The first-order valence-electron chi connectivity index (χ1n) is 14.2. The van der Waals surface area contributed by atoms with Crippen LogP contribution in [0.4, 0.5) is 30.5 Å². The van der Waals surface area contributed by atoms with Crippen molar-refractivity contribution in [1.29, 1.82) is 0 Å². The molecule has 41 heavy (non-hydrogen) atoms. The maximum absolute atomic E-state index is 14.1. The first kappa shape index (κ1) is 25.8. The second kappa shape index (κ2) is 9.60. The van der Waals surface area contributed by atoms with E-state index in [1.807, 2.05) is 11.0 Å². The number of carbonyl (C=O) groups is 1. The fourth-order valence-corrected chi connectivity index (χ4v) is 8.56. The van der Waals surface area contributed by atoms with Crippen LogP contribution in [0.2, 0.25) is 0 Å². The van der Waals surface area contributed by atoms with Gasteiger partial charge >= 0.3 is 6.18 Å². The predicted molar refractivity (Wildman–Crippen MR) is 154 cm³/mol. The Kier molecular flexibility index (Phi) is 6.05. The molecule has 2 aromatic heterocycles. The summed E-state index contributed by atoms with van der Waals surface area (Å²) in [5.74, 6) is 1.19.